The molecule has 4 rings (SSSR count). The van der Waals surface area contributed by atoms with Gasteiger partial charge >= 0.3 is 6.09 Å². The summed E-state index contributed by atoms with van der Waals surface area (Å²) in [5.74, 6) is -0.572. The van der Waals surface area contributed by atoms with Crippen LogP contribution >= 0.6 is 0 Å². The molecule has 1 aromatic rings. The molecule has 1 aromatic carbocycles. The first-order valence-corrected chi connectivity index (χ1v) is 10.2. The normalized spacial score (nSPS) is 22.6. The average molecular weight is 419 g/mol. The first-order valence-electron chi connectivity index (χ1n) is 10.2. The topological polar surface area (TPSA) is 108 Å². The van der Waals surface area contributed by atoms with E-state index in [-0.39, 0.29) is 30.2 Å². The van der Waals surface area contributed by atoms with Crippen LogP contribution in [0.2, 0.25) is 0 Å². The summed E-state index contributed by atoms with van der Waals surface area (Å²) in [4.78, 5) is 40.4. The second-order valence-electron chi connectivity index (χ2n) is 7.80. The summed E-state index contributed by atoms with van der Waals surface area (Å²) in [6.07, 6.45) is -0.0264. The molecule has 3 aliphatic rings. The Balaban J connectivity index is 1.48. The van der Waals surface area contributed by atoms with E-state index >= 15 is 4.39 Å². The van der Waals surface area contributed by atoms with Crippen LogP contribution in [0.5, 0.6) is 0 Å². The Morgan fingerprint density at radius 1 is 1.23 bits per heavy atom. The van der Waals surface area contributed by atoms with E-state index in [1.807, 2.05) is 4.90 Å². The van der Waals surface area contributed by atoms with Gasteiger partial charge in [0.2, 0.25) is 11.8 Å². The van der Waals surface area contributed by atoms with Crippen LogP contribution in [-0.4, -0.2) is 74.2 Å². The number of nitrogens with one attached hydrogen (secondary N) is 1. The summed E-state index contributed by atoms with van der Waals surface area (Å²) >= 11 is 0. The van der Waals surface area contributed by atoms with Gasteiger partial charge < -0.3 is 25.6 Å². The van der Waals surface area contributed by atoms with Crippen molar-refractivity contribution in [1.29, 1.82) is 0 Å². The second-order valence-corrected chi connectivity index (χ2v) is 7.80. The van der Waals surface area contributed by atoms with Crippen molar-refractivity contribution in [2.75, 3.05) is 49.1 Å². The lowest BCUT2D eigenvalue weighted by molar-refractivity contribution is -0.130. The van der Waals surface area contributed by atoms with E-state index in [0.29, 0.717) is 62.5 Å². The number of hydrogen-bond acceptors (Lipinski definition) is 6. The number of nitrogens with zero attached hydrogens (tertiary/aromatic N) is 3. The van der Waals surface area contributed by atoms with Gasteiger partial charge in [-0.1, -0.05) is 0 Å². The van der Waals surface area contributed by atoms with Crippen LogP contribution in [0, 0.1) is 5.82 Å². The van der Waals surface area contributed by atoms with Crippen molar-refractivity contribution in [2.45, 2.75) is 31.9 Å². The van der Waals surface area contributed by atoms with Crippen LogP contribution in [0.4, 0.5) is 20.6 Å². The van der Waals surface area contributed by atoms with Gasteiger partial charge in [-0.05, 0) is 12.1 Å². The Morgan fingerprint density at radius 3 is 2.60 bits per heavy atom. The highest BCUT2D eigenvalue weighted by atomic mass is 19.1. The van der Waals surface area contributed by atoms with E-state index in [2.05, 4.69) is 5.32 Å². The van der Waals surface area contributed by atoms with Crippen LogP contribution < -0.4 is 20.9 Å². The standard InChI is InChI=1S/C20H26FN5O4/c1-12(27)23-5-4-17-16-10-13-14(26(16)20(29)30-17)2-3-15(19(13)21)24-6-8-25(9-7-24)18(28)11-22/h2-3,16-17H,4-11,22H2,1H3,(H,23,27)/t16-,17-/m0/s1. The third-order valence-electron chi connectivity index (χ3n) is 6.03. The summed E-state index contributed by atoms with van der Waals surface area (Å²) in [7, 11) is 0. The largest absolute Gasteiger partial charge is 0.444 e. The number of benzene rings is 1. The molecular formula is C20H26FN5O4. The highest BCUT2D eigenvalue weighted by Crippen LogP contribution is 2.43. The lowest BCUT2D eigenvalue weighted by Crippen LogP contribution is -2.50. The van der Waals surface area contributed by atoms with Gasteiger partial charge in [0.05, 0.1) is 24.0 Å². The maximum atomic E-state index is 15.4. The molecule has 3 N–H and O–H groups in total. The molecule has 9 nitrogen and oxygen atoms in total. The molecule has 0 radical (unpaired) electrons. The number of halogens is 1. The molecule has 0 spiro atoms. The fourth-order valence-electron chi connectivity index (χ4n) is 4.51. The molecule has 3 heterocycles. The number of carbonyl (C=O) groups is 3. The number of amides is 3. The van der Waals surface area contributed by atoms with Gasteiger partial charge in [0, 0.05) is 58.1 Å². The molecule has 0 unspecified atom stereocenters. The highest BCUT2D eigenvalue weighted by Gasteiger charge is 2.48. The Morgan fingerprint density at radius 2 is 1.93 bits per heavy atom. The minimum absolute atomic E-state index is 0.0242. The Bertz CT molecular complexity index is 871. The van der Waals surface area contributed by atoms with Gasteiger partial charge in [-0.2, -0.15) is 0 Å². The van der Waals surface area contributed by atoms with E-state index in [9.17, 15) is 14.4 Å². The molecule has 2 fully saturated rings. The number of anilines is 2. The maximum absolute atomic E-state index is 15.4. The van der Waals surface area contributed by atoms with Crippen LogP contribution in [0.25, 0.3) is 0 Å². The Labute approximate surface area is 173 Å². The predicted octanol–water partition coefficient (Wildman–Crippen LogP) is 0.209. The first kappa shape index (κ1) is 20.4. The van der Waals surface area contributed by atoms with E-state index in [1.165, 1.54) is 11.8 Å². The molecule has 30 heavy (non-hydrogen) atoms. The lowest BCUT2D eigenvalue weighted by Gasteiger charge is -2.36. The monoisotopic (exact) mass is 419 g/mol. The van der Waals surface area contributed by atoms with Crippen LogP contribution in [0.1, 0.15) is 18.9 Å². The molecule has 0 aliphatic carbocycles. The van der Waals surface area contributed by atoms with Crippen molar-refractivity contribution in [3.63, 3.8) is 0 Å². The van der Waals surface area contributed by atoms with Gasteiger partial charge in [0.1, 0.15) is 6.10 Å². The zero-order chi connectivity index (χ0) is 21.4. The lowest BCUT2D eigenvalue weighted by atomic mass is 10.0. The van der Waals surface area contributed by atoms with Crippen molar-refractivity contribution in [2.24, 2.45) is 5.73 Å². The molecule has 0 saturated carbocycles. The van der Waals surface area contributed by atoms with Gasteiger partial charge in [0.25, 0.3) is 0 Å². The van der Waals surface area contributed by atoms with Crippen LogP contribution in [0.15, 0.2) is 12.1 Å². The van der Waals surface area contributed by atoms with Crippen molar-refractivity contribution >= 4 is 29.3 Å². The molecule has 0 bridgehead atoms. The van der Waals surface area contributed by atoms with Crippen molar-refractivity contribution in [3.05, 3.63) is 23.5 Å². The molecule has 3 amide bonds. The first-order chi connectivity index (χ1) is 14.4. The zero-order valence-electron chi connectivity index (χ0n) is 16.9. The maximum Gasteiger partial charge on any atom is 0.415 e. The van der Waals surface area contributed by atoms with Crippen molar-refractivity contribution in [3.8, 4) is 0 Å². The fraction of sp³-hybridized carbons (Fsp3) is 0.550. The number of fused-ring (bicyclic) bond motifs is 3. The summed E-state index contributed by atoms with van der Waals surface area (Å²) in [5.41, 5.74) is 6.96. The Hall–Kier alpha value is -2.88. The van der Waals surface area contributed by atoms with Crippen molar-refractivity contribution in [1.82, 2.24) is 10.2 Å². The van der Waals surface area contributed by atoms with Gasteiger partial charge in [0.15, 0.2) is 5.82 Å². The highest BCUT2D eigenvalue weighted by molar-refractivity contribution is 5.94. The molecule has 2 saturated heterocycles. The van der Waals surface area contributed by atoms with Crippen LogP contribution in [0.3, 0.4) is 0 Å². The summed E-state index contributed by atoms with van der Waals surface area (Å²) in [6.45, 7) is 3.85. The molecular weight excluding hydrogens is 393 g/mol. The number of hydrogen-bond donors (Lipinski definition) is 2. The molecule has 3 aliphatic heterocycles. The van der Waals surface area contributed by atoms with Gasteiger partial charge in [-0.3, -0.25) is 14.5 Å². The molecule has 0 aromatic heterocycles. The number of carbonyl (C=O) groups excluding carboxylic acids is 3. The number of nitrogens with two attached hydrogens (primary N) is 1. The number of cyclic esters (lactones) is 1. The van der Waals surface area contributed by atoms with Crippen LogP contribution in [-0.2, 0) is 20.7 Å². The minimum Gasteiger partial charge on any atom is -0.444 e. The van der Waals surface area contributed by atoms with E-state index in [4.69, 9.17) is 10.5 Å². The van der Waals surface area contributed by atoms with Gasteiger partial charge in [-0.15, -0.1) is 0 Å². The third-order valence-corrected chi connectivity index (χ3v) is 6.03. The quantitative estimate of drug-likeness (QED) is 0.706. The van der Waals surface area contributed by atoms with E-state index in [0.717, 1.165) is 0 Å². The van der Waals surface area contributed by atoms with E-state index < -0.39 is 12.2 Å². The number of rotatable bonds is 5. The SMILES string of the molecule is CC(=O)NCC[C@@H]1OC(=O)N2c3ccc(N4CCN(C(=O)CN)CC4)c(F)c3C[C@@H]12. The van der Waals surface area contributed by atoms with E-state index in [1.54, 1.807) is 17.0 Å². The Kier molecular flexibility index (Phi) is 5.50. The van der Waals surface area contributed by atoms with Gasteiger partial charge in [-0.25, -0.2) is 9.18 Å². The zero-order valence-corrected chi connectivity index (χ0v) is 16.9. The predicted molar refractivity (Wildman–Crippen MR) is 108 cm³/mol. The molecule has 2 atom stereocenters. The third kappa shape index (κ3) is 3.55. The number of ether oxygens (including phenoxy) is 1. The summed E-state index contributed by atoms with van der Waals surface area (Å²) in [5, 5.41) is 2.70. The van der Waals surface area contributed by atoms with Crippen molar-refractivity contribution < 1.29 is 23.5 Å². The minimum atomic E-state index is -0.479. The molecule has 10 heteroatoms. The second kappa shape index (κ2) is 8.10. The fourth-order valence-corrected chi connectivity index (χ4v) is 4.51. The smallest absolute Gasteiger partial charge is 0.415 e. The summed E-state index contributed by atoms with van der Waals surface area (Å²) in [6, 6.07) is 3.18. The summed E-state index contributed by atoms with van der Waals surface area (Å²) < 4.78 is 20.9. The number of piperazine rings is 1. The molecule has 162 valence electrons. The average Bonchev–Trinajstić information content (AvgIpc) is 3.26.